The van der Waals surface area contributed by atoms with Crippen LogP contribution in [0, 0.1) is 0 Å². The summed E-state index contributed by atoms with van der Waals surface area (Å²) in [5.74, 6) is 0. The normalized spacial score (nSPS) is 17.7. The lowest BCUT2D eigenvalue weighted by atomic mass is 10.0. The highest BCUT2D eigenvalue weighted by atomic mass is 16.5. The van der Waals surface area contributed by atoms with Crippen molar-refractivity contribution in [1.29, 1.82) is 0 Å². The molecule has 2 N–H and O–H groups in total. The molecule has 0 bridgehead atoms. The Bertz CT molecular complexity index is 484. The molecule has 1 atom stereocenters. The van der Waals surface area contributed by atoms with Gasteiger partial charge in [-0.2, -0.15) is 5.06 Å². The lowest BCUT2D eigenvalue weighted by Crippen LogP contribution is -2.50. The molecular formula is C17H25N3O2. The first-order valence-corrected chi connectivity index (χ1v) is 7.78. The minimum atomic E-state index is -0.0763. The van der Waals surface area contributed by atoms with Crippen LogP contribution >= 0.6 is 0 Å². The van der Waals surface area contributed by atoms with Crippen molar-refractivity contribution in [3.8, 4) is 0 Å². The Morgan fingerprint density at radius 1 is 1.45 bits per heavy atom. The maximum atomic E-state index is 12.6. The summed E-state index contributed by atoms with van der Waals surface area (Å²) in [6, 6.07) is 9.94. The van der Waals surface area contributed by atoms with Crippen molar-refractivity contribution in [1.82, 2.24) is 15.3 Å². The predicted molar refractivity (Wildman–Crippen MR) is 86.7 cm³/mol. The van der Waals surface area contributed by atoms with Gasteiger partial charge in [0.2, 0.25) is 0 Å². The van der Waals surface area contributed by atoms with Crippen molar-refractivity contribution >= 4 is 6.03 Å². The average molecular weight is 303 g/mol. The van der Waals surface area contributed by atoms with Crippen LogP contribution in [-0.2, 0) is 0 Å². The summed E-state index contributed by atoms with van der Waals surface area (Å²) in [5, 5.41) is 13.8. The summed E-state index contributed by atoms with van der Waals surface area (Å²) < 4.78 is 0. The van der Waals surface area contributed by atoms with E-state index in [4.69, 9.17) is 0 Å². The number of nitrogens with one attached hydrogen (secondary N) is 1. The number of hydrogen-bond acceptors (Lipinski definition) is 3. The highest BCUT2D eigenvalue weighted by Gasteiger charge is 2.27. The summed E-state index contributed by atoms with van der Waals surface area (Å²) >= 11 is 0. The van der Waals surface area contributed by atoms with E-state index < -0.39 is 0 Å². The molecule has 0 spiro atoms. The standard InChI is InChI=1S/C17H25N3O2/c1-3-11-20(16-9-12-19(22)13-10-16)17(21)18-14(2)15-7-5-4-6-8-15/h3-8,14,16,22H,1,9-13H2,2H3,(H,18,21). The molecule has 1 unspecified atom stereocenters. The molecule has 5 heteroatoms. The molecule has 0 aliphatic carbocycles. The number of hydroxylamine groups is 2. The van der Waals surface area contributed by atoms with Gasteiger partial charge in [-0.1, -0.05) is 36.4 Å². The fourth-order valence-corrected chi connectivity index (χ4v) is 2.79. The lowest BCUT2D eigenvalue weighted by Gasteiger charge is -2.36. The smallest absolute Gasteiger partial charge is 0.318 e. The Balaban J connectivity index is 1.98. The number of piperidine rings is 1. The first kappa shape index (κ1) is 16.5. The highest BCUT2D eigenvalue weighted by Crippen LogP contribution is 2.17. The second kappa shape index (κ2) is 7.96. The first-order chi connectivity index (χ1) is 10.6. The van der Waals surface area contributed by atoms with Gasteiger partial charge in [0.05, 0.1) is 6.04 Å². The van der Waals surface area contributed by atoms with Gasteiger partial charge in [0.15, 0.2) is 0 Å². The highest BCUT2D eigenvalue weighted by molar-refractivity contribution is 5.75. The number of urea groups is 1. The molecule has 1 aromatic carbocycles. The third-order valence-corrected chi connectivity index (χ3v) is 4.11. The zero-order valence-electron chi connectivity index (χ0n) is 13.1. The van der Waals surface area contributed by atoms with Gasteiger partial charge in [-0.25, -0.2) is 4.79 Å². The summed E-state index contributed by atoms with van der Waals surface area (Å²) in [4.78, 5) is 14.4. The van der Waals surface area contributed by atoms with Crippen molar-refractivity contribution in [3.63, 3.8) is 0 Å². The number of carbonyl (C=O) groups excluding carboxylic acids is 1. The van der Waals surface area contributed by atoms with Crippen LogP contribution in [0.5, 0.6) is 0 Å². The summed E-state index contributed by atoms with van der Waals surface area (Å²) in [6.45, 7) is 7.44. The third kappa shape index (κ3) is 4.32. The Morgan fingerprint density at radius 3 is 2.68 bits per heavy atom. The summed E-state index contributed by atoms with van der Waals surface area (Å²) in [6.07, 6.45) is 3.30. The molecular weight excluding hydrogens is 278 g/mol. The zero-order valence-corrected chi connectivity index (χ0v) is 13.1. The summed E-state index contributed by atoms with van der Waals surface area (Å²) in [7, 11) is 0. The fourth-order valence-electron chi connectivity index (χ4n) is 2.79. The molecule has 0 aromatic heterocycles. The molecule has 2 rings (SSSR count). The van der Waals surface area contributed by atoms with Gasteiger partial charge in [0, 0.05) is 25.7 Å². The molecule has 2 amide bonds. The van der Waals surface area contributed by atoms with E-state index in [0.29, 0.717) is 19.6 Å². The molecule has 0 saturated carbocycles. The van der Waals surface area contributed by atoms with Crippen LogP contribution in [0.1, 0.15) is 31.4 Å². The van der Waals surface area contributed by atoms with Crippen LogP contribution in [0.15, 0.2) is 43.0 Å². The van der Waals surface area contributed by atoms with Gasteiger partial charge in [-0.3, -0.25) is 0 Å². The Labute approximate surface area is 132 Å². The van der Waals surface area contributed by atoms with E-state index >= 15 is 0 Å². The number of nitrogens with zero attached hydrogens (tertiary/aromatic N) is 2. The van der Waals surface area contributed by atoms with E-state index in [1.807, 2.05) is 42.2 Å². The molecule has 5 nitrogen and oxygen atoms in total. The van der Waals surface area contributed by atoms with Crippen LogP contribution in [0.25, 0.3) is 0 Å². The van der Waals surface area contributed by atoms with Crippen LogP contribution in [-0.4, -0.2) is 46.9 Å². The quantitative estimate of drug-likeness (QED) is 0.822. The van der Waals surface area contributed by atoms with E-state index in [1.165, 1.54) is 5.06 Å². The third-order valence-electron chi connectivity index (χ3n) is 4.11. The molecule has 1 aliphatic heterocycles. The maximum absolute atomic E-state index is 12.6. The topological polar surface area (TPSA) is 55.8 Å². The molecule has 1 heterocycles. The number of benzene rings is 1. The Kier molecular flexibility index (Phi) is 5.98. The second-order valence-corrected chi connectivity index (χ2v) is 5.71. The Hall–Kier alpha value is -1.85. The van der Waals surface area contributed by atoms with E-state index in [0.717, 1.165) is 18.4 Å². The molecule has 1 aromatic rings. The molecule has 0 radical (unpaired) electrons. The van der Waals surface area contributed by atoms with Crippen molar-refractivity contribution < 1.29 is 10.0 Å². The van der Waals surface area contributed by atoms with E-state index in [-0.39, 0.29) is 18.1 Å². The number of amides is 2. The number of hydrogen-bond donors (Lipinski definition) is 2. The zero-order chi connectivity index (χ0) is 15.9. The Morgan fingerprint density at radius 2 is 2.09 bits per heavy atom. The van der Waals surface area contributed by atoms with Gasteiger partial charge in [-0.15, -0.1) is 6.58 Å². The van der Waals surface area contributed by atoms with Crippen molar-refractivity contribution in [2.75, 3.05) is 19.6 Å². The van der Waals surface area contributed by atoms with Gasteiger partial charge in [0.1, 0.15) is 0 Å². The molecule has 22 heavy (non-hydrogen) atoms. The molecule has 1 aliphatic rings. The molecule has 1 fully saturated rings. The maximum Gasteiger partial charge on any atom is 0.318 e. The van der Waals surface area contributed by atoms with E-state index in [1.54, 1.807) is 6.08 Å². The van der Waals surface area contributed by atoms with Gasteiger partial charge >= 0.3 is 6.03 Å². The van der Waals surface area contributed by atoms with Crippen LogP contribution in [0.2, 0.25) is 0 Å². The van der Waals surface area contributed by atoms with Gasteiger partial charge in [0.25, 0.3) is 0 Å². The van der Waals surface area contributed by atoms with E-state index in [9.17, 15) is 10.0 Å². The fraction of sp³-hybridized carbons (Fsp3) is 0.471. The van der Waals surface area contributed by atoms with E-state index in [2.05, 4.69) is 11.9 Å². The monoisotopic (exact) mass is 303 g/mol. The largest absolute Gasteiger partial charge is 0.331 e. The van der Waals surface area contributed by atoms with Crippen LogP contribution in [0.3, 0.4) is 0 Å². The second-order valence-electron chi connectivity index (χ2n) is 5.71. The van der Waals surface area contributed by atoms with Gasteiger partial charge in [-0.05, 0) is 25.3 Å². The minimum Gasteiger partial charge on any atom is -0.331 e. The SMILES string of the molecule is C=CCN(C(=O)NC(C)c1ccccc1)C1CCN(O)CC1. The van der Waals surface area contributed by atoms with Crippen molar-refractivity contribution in [2.45, 2.75) is 31.8 Å². The predicted octanol–water partition coefficient (Wildman–Crippen LogP) is 2.80. The first-order valence-electron chi connectivity index (χ1n) is 7.78. The average Bonchev–Trinajstić information content (AvgIpc) is 2.54. The molecule has 1 saturated heterocycles. The lowest BCUT2D eigenvalue weighted by molar-refractivity contribution is -0.112. The molecule has 120 valence electrons. The van der Waals surface area contributed by atoms with Crippen LogP contribution in [0.4, 0.5) is 4.79 Å². The van der Waals surface area contributed by atoms with Crippen molar-refractivity contribution in [2.24, 2.45) is 0 Å². The van der Waals surface area contributed by atoms with Gasteiger partial charge < -0.3 is 15.4 Å². The summed E-state index contributed by atoms with van der Waals surface area (Å²) in [5.41, 5.74) is 1.08. The van der Waals surface area contributed by atoms with Crippen LogP contribution < -0.4 is 5.32 Å². The number of carbonyl (C=O) groups is 1. The number of rotatable bonds is 5. The van der Waals surface area contributed by atoms with Crippen molar-refractivity contribution in [3.05, 3.63) is 48.6 Å². The minimum absolute atomic E-state index is 0.0426.